The first-order chi connectivity index (χ1) is 7.65. The highest BCUT2D eigenvalue weighted by Crippen LogP contribution is 2.37. The summed E-state index contributed by atoms with van der Waals surface area (Å²) in [4.78, 5) is 18.5. The number of hydrogen-bond acceptors (Lipinski definition) is 4. The maximum Gasteiger partial charge on any atom is 0.356 e. The van der Waals surface area contributed by atoms with Crippen LogP contribution in [-0.4, -0.2) is 26.6 Å². The molecule has 5 heteroatoms. The molecule has 0 atom stereocenters. The molecular weight excluding hydrogens is 206 g/mol. The zero-order valence-electron chi connectivity index (χ0n) is 9.23. The first-order valence-electron chi connectivity index (χ1n) is 5.49. The van der Waals surface area contributed by atoms with E-state index in [4.69, 9.17) is 5.11 Å². The van der Waals surface area contributed by atoms with Gasteiger partial charge in [0.05, 0.1) is 12.4 Å². The van der Waals surface area contributed by atoms with Crippen molar-refractivity contribution in [2.24, 2.45) is 0 Å². The number of nitrogens with zero attached hydrogens (tertiary/aromatic N) is 2. The van der Waals surface area contributed by atoms with Crippen molar-refractivity contribution < 1.29 is 9.90 Å². The fraction of sp³-hybridized carbons (Fsp3) is 0.545. The van der Waals surface area contributed by atoms with Crippen LogP contribution >= 0.6 is 0 Å². The summed E-state index contributed by atoms with van der Waals surface area (Å²) in [7, 11) is 0. The summed E-state index contributed by atoms with van der Waals surface area (Å²) in [6, 6.07) is 0. The number of nitrogens with one attached hydrogen (secondary N) is 1. The minimum atomic E-state index is -1.05. The molecule has 1 heterocycles. The van der Waals surface area contributed by atoms with Gasteiger partial charge in [-0.05, 0) is 25.7 Å². The summed E-state index contributed by atoms with van der Waals surface area (Å²) < 4.78 is 0. The highest BCUT2D eigenvalue weighted by Gasteiger charge is 2.35. The van der Waals surface area contributed by atoms with Gasteiger partial charge in [0.1, 0.15) is 5.82 Å². The third kappa shape index (κ3) is 1.98. The van der Waals surface area contributed by atoms with Crippen LogP contribution < -0.4 is 5.32 Å². The zero-order chi connectivity index (χ0) is 11.6. The average Bonchev–Trinajstić information content (AvgIpc) is 2.24. The van der Waals surface area contributed by atoms with E-state index in [0.717, 1.165) is 19.3 Å². The second-order valence-corrected chi connectivity index (χ2v) is 4.20. The van der Waals surface area contributed by atoms with Gasteiger partial charge in [0.2, 0.25) is 0 Å². The number of anilines is 1. The van der Waals surface area contributed by atoms with Crippen LogP contribution in [0.4, 0.5) is 5.82 Å². The number of hydrogen-bond donors (Lipinski definition) is 2. The first-order valence-corrected chi connectivity index (χ1v) is 5.49. The molecule has 0 unspecified atom stereocenters. The van der Waals surface area contributed by atoms with Gasteiger partial charge in [-0.15, -0.1) is 0 Å². The van der Waals surface area contributed by atoms with Gasteiger partial charge in [-0.25, -0.2) is 14.8 Å². The lowest BCUT2D eigenvalue weighted by molar-refractivity contribution is 0.0690. The highest BCUT2D eigenvalue weighted by molar-refractivity contribution is 5.84. The highest BCUT2D eigenvalue weighted by atomic mass is 16.4. The number of aromatic nitrogens is 2. The zero-order valence-corrected chi connectivity index (χ0v) is 9.23. The molecule has 0 radical (unpaired) electrons. The van der Waals surface area contributed by atoms with Crippen molar-refractivity contribution in [3.8, 4) is 0 Å². The van der Waals surface area contributed by atoms with E-state index in [1.54, 1.807) is 0 Å². The molecule has 5 nitrogen and oxygen atoms in total. The predicted octanol–water partition coefficient (Wildman–Crippen LogP) is 1.92. The molecule has 2 N–H and O–H groups in total. The standard InChI is InChI=1S/C11H15N3O2/c1-2-11(4-3-5-11)14-9-7-12-8(6-13-9)10(15)16/h6-7H,2-5H2,1H3,(H,13,14)(H,15,16). The van der Waals surface area contributed by atoms with Gasteiger partial charge in [-0.2, -0.15) is 0 Å². The van der Waals surface area contributed by atoms with E-state index in [1.165, 1.54) is 18.8 Å². The summed E-state index contributed by atoms with van der Waals surface area (Å²) in [5, 5.41) is 12.0. The maximum atomic E-state index is 10.6. The molecular formula is C11H15N3O2. The van der Waals surface area contributed by atoms with Crippen molar-refractivity contribution in [1.29, 1.82) is 0 Å². The molecule has 2 rings (SSSR count). The molecule has 0 bridgehead atoms. The third-order valence-corrected chi connectivity index (χ3v) is 3.25. The summed E-state index contributed by atoms with van der Waals surface area (Å²) in [5.41, 5.74) is 0.129. The van der Waals surface area contributed by atoms with Gasteiger partial charge in [-0.1, -0.05) is 6.92 Å². The largest absolute Gasteiger partial charge is 0.476 e. The van der Waals surface area contributed by atoms with E-state index in [2.05, 4.69) is 22.2 Å². The fourth-order valence-corrected chi connectivity index (χ4v) is 1.95. The maximum absolute atomic E-state index is 10.6. The Labute approximate surface area is 93.9 Å². The van der Waals surface area contributed by atoms with Crippen molar-refractivity contribution in [1.82, 2.24) is 9.97 Å². The van der Waals surface area contributed by atoms with Crippen molar-refractivity contribution in [3.63, 3.8) is 0 Å². The summed E-state index contributed by atoms with van der Waals surface area (Å²) in [5.74, 6) is -0.389. The number of carbonyl (C=O) groups is 1. The Morgan fingerprint density at radius 3 is 2.62 bits per heavy atom. The van der Waals surface area contributed by atoms with Crippen molar-refractivity contribution >= 4 is 11.8 Å². The molecule has 0 amide bonds. The monoisotopic (exact) mass is 221 g/mol. The van der Waals surface area contributed by atoms with Gasteiger partial charge in [0, 0.05) is 5.54 Å². The quantitative estimate of drug-likeness (QED) is 0.812. The molecule has 1 saturated carbocycles. The molecule has 0 spiro atoms. The number of rotatable bonds is 4. The molecule has 16 heavy (non-hydrogen) atoms. The molecule has 0 aliphatic heterocycles. The minimum absolute atomic E-state index is 0.0234. The lowest BCUT2D eigenvalue weighted by atomic mass is 9.75. The third-order valence-electron chi connectivity index (χ3n) is 3.25. The number of carboxylic acid groups (broad SMARTS) is 1. The number of aromatic carboxylic acids is 1. The Morgan fingerprint density at radius 2 is 2.25 bits per heavy atom. The molecule has 1 aromatic rings. The molecule has 1 aliphatic carbocycles. The Morgan fingerprint density at radius 1 is 1.50 bits per heavy atom. The summed E-state index contributed by atoms with van der Waals surface area (Å²) in [6.07, 6.45) is 7.35. The van der Waals surface area contributed by atoms with Crippen LogP contribution in [0.3, 0.4) is 0 Å². The predicted molar refractivity (Wildman–Crippen MR) is 59.5 cm³/mol. The molecule has 0 saturated heterocycles. The van der Waals surface area contributed by atoms with Crippen molar-refractivity contribution in [2.75, 3.05) is 5.32 Å². The molecule has 1 fully saturated rings. The summed E-state index contributed by atoms with van der Waals surface area (Å²) >= 11 is 0. The van der Waals surface area contributed by atoms with Gasteiger partial charge in [0.15, 0.2) is 5.69 Å². The van der Waals surface area contributed by atoms with Gasteiger partial charge in [0.25, 0.3) is 0 Å². The second-order valence-electron chi connectivity index (χ2n) is 4.20. The van der Waals surface area contributed by atoms with E-state index in [9.17, 15) is 4.79 Å². The SMILES string of the molecule is CCC1(Nc2cnc(C(=O)O)cn2)CCC1. The van der Waals surface area contributed by atoms with Crippen LogP contribution in [0.5, 0.6) is 0 Å². The van der Waals surface area contributed by atoms with Crippen LogP contribution in [0.25, 0.3) is 0 Å². The molecule has 1 aliphatic rings. The topological polar surface area (TPSA) is 75.1 Å². The lowest BCUT2D eigenvalue weighted by Crippen LogP contribution is -2.44. The second kappa shape index (κ2) is 4.08. The van der Waals surface area contributed by atoms with Crippen LogP contribution in [0.2, 0.25) is 0 Å². The van der Waals surface area contributed by atoms with Gasteiger partial charge in [-0.3, -0.25) is 0 Å². The minimum Gasteiger partial charge on any atom is -0.476 e. The van der Waals surface area contributed by atoms with E-state index >= 15 is 0 Å². The van der Waals surface area contributed by atoms with E-state index in [0.29, 0.717) is 5.82 Å². The Balaban J connectivity index is 2.07. The van der Waals surface area contributed by atoms with E-state index in [1.807, 2.05) is 0 Å². The number of carboxylic acids is 1. The Bertz CT molecular complexity index is 379. The lowest BCUT2D eigenvalue weighted by Gasteiger charge is -2.42. The van der Waals surface area contributed by atoms with Crippen molar-refractivity contribution in [2.45, 2.75) is 38.1 Å². The summed E-state index contributed by atoms with van der Waals surface area (Å²) in [6.45, 7) is 2.14. The normalized spacial score (nSPS) is 17.6. The molecule has 0 aromatic carbocycles. The van der Waals surface area contributed by atoms with Crippen LogP contribution in [0, 0.1) is 0 Å². The van der Waals surface area contributed by atoms with Crippen LogP contribution in [0.15, 0.2) is 12.4 Å². The van der Waals surface area contributed by atoms with Crippen molar-refractivity contribution in [3.05, 3.63) is 18.1 Å². The molecule has 1 aromatic heterocycles. The smallest absolute Gasteiger partial charge is 0.356 e. The molecule has 86 valence electrons. The van der Waals surface area contributed by atoms with E-state index in [-0.39, 0.29) is 11.2 Å². The van der Waals surface area contributed by atoms with Gasteiger partial charge >= 0.3 is 5.97 Å². The Kier molecular flexibility index (Phi) is 2.77. The van der Waals surface area contributed by atoms with Gasteiger partial charge < -0.3 is 10.4 Å². The van der Waals surface area contributed by atoms with Crippen LogP contribution in [0.1, 0.15) is 43.1 Å². The Hall–Kier alpha value is -1.65. The fourth-order valence-electron chi connectivity index (χ4n) is 1.95. The van der Waals surface area contributed by atoms with Crippen LogP contribution in [-0.2, 0) is 0 Å². The van der Waals surface area contributed by atoms with E-state index < -0.39 is 5.97 Å². The average molecular weight is 221 g/mol. The first kappa shape index (κ1) is 10.9.